The van der Waals surface area contributed by atoms with Crippen LogP contribution in [0.1, 0.15) is 47.9 Å². The minimum Gasteiger partial charge on any atom is -0.336 e. The highest BCUT2D eigenvalue weighted by Crippen LogP contribution is 2.25. The number of amides is 1. The summed E-state index contributed by atoms with van der Waals surface area (Å²) >= 11 is 10.2. The quantitative estimate of drug-likeness (QED) is 0.447. The van der Waals surface area contributed by atoms with Crippen LogP contribution in [0.3, 0.4) is 0 Å². The molecule has 30 heavy (non-hydrogen) atoms. The number of nitrogens with zero attached hydrogens (tertiary/aromatic N) is 2. The van der Waals surface area contributed by atoms with E-state index in [0.29, 0.717) is 28.6 Å². The SMILES string of the molecule is CCCCC(NC(=O)c1ccc2nc(C)n(Cc3ccc(Cl)cc3Cl)c2c1)S(=O)O. The zero-order valence-electron chi connectivity index (χ0n) is 16.7. The minimum absolute atomic E-state index is 0.393. The monoisotopic (exact) mass is 467 g/mol. The number of imidazole rings is 1. The molecule has 0 radical (unpaired) electrons. The first-order valence-electron chi connectivity index (χ1n) is 9.61. The van der Waals surface area contributed by atoms with Gasteiger partial charge in [0, 0.05) is 15.6 Å². The van der Waals surface area contributed by atoms with Crippen LogP contribution in [-0.2, 0) is 17.6 Å². The van der Waals surface area contributed by atoms with Crippen LogP contribution in [0.4, 0.5) is 0 Å². The average Bonchev–Trinajstić information content (AvgIpc) is 3.01. The van der Waals surface area contributed by atoms with Gasteiger partial charge in [-0.2, -0.15) is 0 Å². The van der Waals surface area contributed by atoms with Crippen molar-refractivity contribution in [1.29, 1.82) is 0 Å². The summed E-state index contributed by atoms with van der Waals surface area (Å²) in [6, 6.07) is 10.5. The van der Waals surface area contributed by atoms with E-state index < -0.39 is 22.4 Å². The normalized spacial score (nSPS) is 13.4. The number of carbonyl (C=O) groups is 1. The number of carbonyl (C=O) groups excluding carboxylic acids is 1. The van der Waals surface area contributed by atoms with Gasteiger partial charge in [0.05, 0.1) is 17.6 Å². The number of aryl methyl sites for hydroxylation is 1. The van der Waals surface area contributed by atoms with Crippen molar-refractivity contribution in [2.45, 2.75) is 45.0 Å². The minimum atomic E-state index is -2.13. The summed E-state index contributed by atoms with van der Waals surface area (Å²) in [5, 5.41) is 2.99. The molecule has 3 rings (SSSR count). The molecule has 0 spiro atoms. The molecule has 0 aliphatic heterocycles. The Morgan fingerprint density at radius 2 is 2.03 bits per heavy atom. The van der Waals surface area contributed by atoms with Gasteiger partial charge in [-0.25, -0.2) is 9.19 Å². The van der Waals surface area contributed by atoms with E-state index in [4.69, 9.17) is 23.2 Å². The van der Waals surface area contributed by atoms with Crippen molar-refractivity contribution < 1.29 is 13.6 Å². The van der Waals surface area contributed by atoms with E-state index in [0.717, 1.165) is 35.3 Å². The lowest BCUT2D eigenvalue weighted by Gasteiger charge is -2.15. The van der Waals surface area contributed by atoms with Crippen molar-refractivity contribution in [1.82, 2.24) is 14.9 Å². The zero-order valence-corrected chi connectivity index (χ0v) is 19.0. The van der Waals surface area contributed by atoms with Gasteiger partial charge in [0.15, 0.2) is 11.1 Å². The second-order valence-corrected chi connectivity index (χ2v) is 9.03. The fraction of sp³-hybridized carbons (Fsp3) is 0.333. The predicted octanol–water partition coefficient (Wildman–Crippen LogP) is 5.17. The maximum absolute atomic E-state index is 12.7. The highest BCUT2D eigenvalue weighted by Gasteiger charge is 2.19. The number of benzene rings is 2. The van der Waals surface area contributed by atoms with Gasteiger partial charge in [-0.3, -0.25) is 4.79 Å². The van der Waals surface area contributed by atoms with Crippen molar-refractivity contribution >= 4 is 51.2 Å². The van der Waals surface area contributed by atoms with Gasteiger partial charge >= 0.3 is 0 Å². The molecule has 160 valence electrons. The number of hydrogen-bond donors (Lipinski definition) is 2. The molecule has 2 N–H and O–H groups in total. The first kappa shape index (κ1) is 22.7. The molecule has 1 heterocycles. The van der Waals surface area contributed by atoms with E-state index in [1.807, 2.05) is 24.5 Å². The molecule has 6 nitrogen and oxygen atoms in total. The first-order chi connectivity index (χ1) is 14.3. The van der Waals surface area contributed by atoms with Crippen molar-refractivity contribution in [2.24, 2.45) is 0 Å². The van der Waals surface area contributed by atoms with Gasteiger partial charge in [-0.1, -0.05) is 49.0 Å². The topological polar surface area (TPSA) is 84.2 Å². The Labute approximate surface area is 187 Å². The third-order valence-corrected chi connectivity index (χ3v) is 6.33. The Balaban J connectivity index is 1.90. The van der Waals surface area contributed by atoms with Gasteiger partial charge in [-0.05, 0) is 49.2 Å². The number of unbranched alkanes of at least 4 members (excludes halogenated alkanes) is 1. The van der Waals surface area contributed by atoms with Gasteiger partial charge in [-0.15, -0.1) is 0 Å². The Morgan fingerprint density at radius 1 is 1.27 bits per heavy atom. The van der Waals surface area contributed by atoms with Crippen molar-refractivity contribution in [3.63, 3.8) is 0 Å². The number of hydrogen-bond acceptors (Lipinski definition) is 3. The fourth-order valence-electron chi connectivity index (χ4n) is 3.25. The molecule has 1 aromatic heterocycles. The fourth-order valence-corrected chi connectivity index (χ4v) is 4.29. The van der Waals surface area contributed by atoms with Crippen LogP contribution in [-0.4, -0.2) is 29.6 Å². The van der Waals surface area contributed by atoms with Gasteiger partial charge in [0.25, 0.3) is 5.91 Å². The summed E-state index contributed by atoms with van der Waals surface area (Å²) in [6.07, 6.45) is 2.07. The molecular formula is C21H23Cl2N3O3S. The number of aromatic nitrogens is 2. The highest BCUT2D eigenvalue weighted by molar-refractivity contribution is 7.79. The van der Waals surface area contributed by atoms with Crippen molar-refractivity contribution in [3.05, 3.63) is 63.4 Å². The Morgan fingerprint density at radius 3 is 2.70 bits per heavy atom. The molecule has 0 saturated heterocycles. The van der Waals surface area contributed by atoms with Crippen LogP contribution < -0.4 is 5.32 Å². The van der Waals surface area contributed by atoms with E-state index in [2.05, 4.69) is 10.3 Å². The Hall–Kier alpha value is -1.93. The number of nitrogens with one attached hydrogen (secondary N) is 1. The summed E-state index contributed by atoms with van der Waals surface area (Å²) in [5.74, 6) is 0.390. The molecule has 0 aliphatic carbocycles. The predicted molar refractivity (Wildman–Crippen MR) is 122 cm³/mol. The molecule has 0 aliphatic rings. The van der Waals surface area contributed by atoms with Crippen LogP contribution in [0.25, 0.3) is 11.0 Å². The third-order valence-electron chi connectivity index (χ3n) is 4.90. The van der Waals surface area contributed by atoms with Crippen molar-refractivity contribution in [2.75, 3.05) is 0 Å². The van der Waals surface area contributed by atoms with Crippen molar-refractivity contribution in [3.8, 4) is 0 Å². The Kier molecular flexibility index (Phi) is 7.52. The molecule has 2 unspecified atom stereocenters. The van der Waals surface area contributed by atoms with E-state index >= 15 is 0 Å². The lowest BCUT2D eigenvalue weighted by molar-refractivity contribution is 0.0946. The van der Waals surface area contributed by atoms with Gasteiger partial charge in [0.2, 0.25) is 0 Å². The second-order valence-electron chi connectivity index (χ2n) is 7.06. The molecule has 9 heteroatoms. The lowest BCUT2D eigenvalue weighted by Crippen LogP contribution is -2.37. The van der Waals surface area contributed by atoms with Crippen LogP contribution in [0, 0.1) is 6.92 Å². The Bertz CT molecular complexity index is 1100. The van der Waals surface area contributed by atoms with Crippen LogP contribution >= 0.6 is 23.2 Å². The molecule has 3 aromatic rings. The first-order valence-corrected chi connectivity index (χ1v) is 11.5. The summed E-state index contributed by atoms with van der Waals surface area (Å²) in [4.78, 5) is 17.3. The molecular weight excluding hydrogens is 445 g/mol. The van der Waals surface area contributed by atoms with Crippen LogP contribution in [0.5, 0.6) is 0 Å². The highest BCUT2D eigenvalue weighted by atomic mass is 35.5. The summed E-state index contributed by atoms with van der Waals surface area (Å²) in [6.45, 7) is 4.35. The van der Waals surface area contributed by atoms with E-state index in [-0.39, 0.29) is 0 Å². The lowest BCUT2D eigenvalue weighted by atomic mass is 10.1. The number of halogens is 2. The largest absolute Gasteiger partial charge is 0.336 e. The molecule has 2 aromatic carbocycles. The molecule has 0 saturated carbocycles. The van der Waals surface area contributed by atoms with E-state index in [1.54, 1.807) is 30.3 Å². The van der Waals surface area contributed by atoms with Crippen LogP contribution in [0.15, 0.2) is 36.4 Å². The van der Waals surface area contributed by atoms with Crippen LogP contribution in [0.2, 0.25) is 10.0 Å². The molecule has 0 fully saturated rings. The maximum Gasteiger partial charge on any atom is 0.252 e. The molecule has 0 bridgehead atoms. The summed E-state index contributed by atoms with van der Waals surface area (Å²) in [7, 11) is 0. The van der Waals surface area contributed by atoms with E-state index in [9.17, 15) is 13.6 Å². The average molecular weight is 468 g/mol. The molecule has 1 amide bonds. The maximum atomic E-state index is 12.7. The summed E-state index contributed by atoms with van der Waals surface area (Å²) < 4.78 is 23.0. The number of rotatable bonds is 8. The second kappa shape index (κ2) is 9.92. The van der Waals surface area contributed by atoms with Gasteiger partial charge in [0.1, 0.15) is 11.2 Å². The van der Waals surface area contributed by atoms with Gasteiger partial charge < -0.3 is 14.4 Å². The summed E-state index contributed by atoms with van der Waals surface area (Å²) in [5.41, 5.74) is 2.82. The van der Waals surface area contributed by atoms with E-state index in [1.165, 1.54) is 0 Å². The zero-order chi connectivity index (χ0) is 21.8. The smallest absolute Gasteiger partial charge is 0.252 e. The third kappa shape index (κ3) is 5.21. The standard InChI is InChI=1S/C21H23Cl2N3O3S/c1-3-4-5-20(30(28)29)25-21(27)14-7-9-18-19(10-14)26(13(2)24-18)12-15-6-8-16(22)11-17(15)23/h6-11,20H,3-5,12H2,1-2H3,(H,25,27)(H,28,29). The number of fused-ring (bicyclic) bond motifs is 1. The molecule has 2 atom stereocenters.